The van der Waals surface area contributed by atoms with Crippen molar-refractivity contribution in [3.63, 3.8) is 0 Å². The second-order valence-electron chi connectivity index (χ2n) is 7.59. The lowest BCUT2D eigenvalue weighted by atomic mass is 10.1. The van der Waals surface area contributed by atoms with Gasteiger partial charge in [0, 0.05) is 12.8 Å². The number of nitrogens with two attached hydrogens (primary N) is 3. The number of carboxylic acid groups (broad SMARTS) is 1. The molecule has 5 unspecified atom stereocenters. The number of rotatable bonds is 17. The van der Waals surface area contributed by atoms with Crippen molar-refractivity contribution in [3.8, 4) is 0 Å². The molecule has 14 nitrogen and oxygen atoms in total. The number of carbonyl (C=O) groups is 6. The minimum atomic E-state index is -1.49. The number of hydrogen-bond donors (Lipinski definition) is 8. The first-order valence-corrected chi connectivity index (χ1v) is 11.8. The average molecular weight is 507 g/mol. The van der Waals surface area contributed by atoms with Crippen LogP contribution < -0.4 is 33.2 Å². The van der Waals surface area contributed by atoms with E-state index in [1.165, 1.54) is 18.7 Å². The van der Waals surface area contributed by atoms with Crippen molar-refractivity contribution in [1.82, 2.24) is 16.0 Å². The van der Waals surface area contributed by atoms with Gasteiger partial charge in [-0.25, -0.2) is 4.79 Å². The molecule has 0 aliphatic rings. The van der Waals surface area contributed by atoms with Crippen molar-refractivity contribution in [2.75, 3.05) is 12.0 Å². The molecule has 15 heteroatoms. The summed E-state index contributed by atoms with van der Waals surface area (Å²) in [4.78, 5) is 71.2. The standard InChI is InChI=1S/C19H34N6O8S/c1-9(26)15(25-16(29)10(20)7-8-34-2)18(31)23-11(3-5-13(21)27)17(30)24-12(19(32)33)4-6-14(22)28/h9-12,15,26H,3-8,20H2,1-2H3,(H2,21,27)(H2,22,28)(H,23,31)(H,24,30)(H,25,29)(H,32,33). The van der Waals surface area contributed by atoms with E-state index in [4.69, 9.17) is 17.2 Å². The smallest absolute Gasteiger partial charge is 0.326 e. The fraction of sp³-hybridized carbons (Fsp3) is 0.684. The zero-order valence-corrected chi connectivity index (χ0v) is 19.9. The second kappa shape index (κ2) is 15.8. The van der Waals surface area contributed by atoms with Crippen LogP contribution in [0, 0.1) is 0 Å². The molecule has 11 N–H and O–H groups in total. The Balaban J connectivity index is 5.47. The molecule has 0 bridgehead atoms. The van der Waals surface area contributed by atoms with Crippen LogP contribution in [0.3, 0.4) is 0 Å². The molecule has 0 fully saturated rings. The van der Waals surface area contributed by atoms with Crippen molar-refractivity contribution in [1.29, 1.82) is 0 Å². The highest BCUT2D eigenvalue weighted by Crippen LogP contribution is 2.05. The van der Waals surface area contributed by atoms with Gasteiger partial charge in [-0.3, -0.25) is 24.0 Å². The molecule has 194 valence electrons. The molecule has 5 atom stereocenters. The number of aliphatic hydroxyl groups is 1. The van der Waals surface area contributed by atoms with Gasteiger partial charge in [0.15, 0.2) is 0 Å². The summed E-state index contributed by atoms with van der Waals surface area (Å²) in [5.41, 5.74) is 15.9. The van der Waals surface area contributed by atoms with Crippen molar-refractivity contribution in [3.05, 3.63) is 0 Å². The summed E-state index contributed by atoms with van der Waals surface area (Å²) in [5.74, 6) is -5.03. The topological polar surface area (TPSA) is 257 Å². The molecule has 0 spiro atoms. The van der Waals surface area contributed by atoms with E-state index < -0.39 is 65.8 Å². The highest BCUT2D eigenvalue weighted by atomic mass is 32.2. The first kappa shape index (κ1) is 31.1. The van der Waals surface area contributed by atoms with E-state index in [1.807, 2.05) is 6.26 Å². The van der Waals surface area contributed by atoms with Crippen molar-refractivity contribution >= 4 is 47.3 Å². The zero-order chi connectivity index (χ0) is 26.4. The van der Waals surface area contributed by atoms with Gasteiger partial charge >= 0.3 is 5.97 Å². The Bertz CT molecular complexity index is 750. The molecular formula is C19H34N6O8S. The van der Waals surface area contributed by atoms with Gasteiger partial charge in [-0.15, -0.1) is 0 Å². The van der Waals surface area contributed by atoms with Crippen LogP contribution in [0.2, 0.25) is 0 Å². The quantitative estimate of drug-likeness (QED) is 0.0965. The summed E-state index contributed by atoms with van der Waals surface area (Å²) in [6.07, 6.45) is -0.455. The predicted octanol–water partition coefficient (Wildman–Crippen LogP) is -3.48. The normalized spacial score (nSPS) is 15.2. The Morgan fingerprint density at radius 2 is 1.32 bits per heavy atom. The summed E-state index contributed by atoms with van der Waals surface area (Å²) in [6.45, 7) is 1.24. The molecule has 0 heterocycles. The first-order chi connectivity index (χ1) is 15.8. The third-order valence-electron chi connectivity index (χ3n) is 4.64. The fourth-order valence-electron chi connectivity index (χ4n) is 2.67. The number of carboxylic acids is 1. The molecule has 0 aromatic carbocycles. The molecule has 0 saturated carbocycles. The average Bonchev–Trinajstić information content (AvgIpc) is 2.74. The Hall–Kier alpha value is -2.91. The lowest BCUT2D eigenvalue weighted by Gasteiger charge is -2.26. The second-order valence-corrected chi connectivity index (χ2v) is 8.57. The molecular weight excluding hydrogens is 472 g/mol. The largest absolute Gasteiger partial charge is 0.480 e. The molecule has 0 radical (unpaired) electrons. The Kier molecular flexibility index (Phi) is 14.5. The SMILES string of the molecule is CSCCC(N)C(=O)NC(C(=O)NC(CCC(N)=O)C(=O)NC(CCC(N)=O)C(=O)O)C(C)O. The maximum Gasteiger partial charge on any atom is 0.326 e. The van der Waals surface area contributed by atoms with E-state index in [0.29, 0.717) is 12.2 Å². The van der Waals surface area contributed by atoms with Crippen LogP contribution >= 0.6 is 11.8 Å². The third-order valence-corrected chi connectivity index (χ3v) is 5.28. The number of nitrogens with one attached hydrogen (secondary N) is 3. The molecule has 34 heavy (non-hydrogen) atoms. The number of aliphatic carboxylic acids is 1. The van der Waals surface area contributed by atoms with E-state index in [2.05, 4.69) is 16.0 Å². The summed E-state index contributed by atoms with van der Waals surface area (Å²) in [5, 5.41) is 26.0. The van der Waals surface area contributed by atoms with E-state index >= 15 is 0 Å². The Labute approximate surface area is 201 Å². The van der Waals surface area contributed by atoms with Crippen LogP contribution in [0.25, 0.3) is 0 Å². The summed E-state index contributed by atoms with van der Waals surface area (Å²) in [6, 6.07) is -5.34. The number of hydrogen-bond acceptors (Lipinski definition) is 9. The van der Waals surface area contributed by atoms with Crippen molar-refractivity contribution in [2.24, 2.45) is 17.2 Å². The lowest BCUT2D eigenvalue weighted by molar-refractivity contribution is -0.143. The van der Waals surface area contributed by atoms with E-state index in [-0.39, 0.29) is 25.7 Å². The third kappa shape index (κ3) is 12.4. The summed E-state index contributed by atoms with van der Waals surface area (Å²) in [7, 11) is 0. The van der Waals surface area contributed by atoms with Crippen LogP contribution in [-0.2, 0) is 28.8 Å². The lowest BCUT2D eigenvalue weighted by Crippen LogP contribution is -2.59. The van der Waals surface area contributed by atoms with Crippen LogP contribution in [0.4, 0.5) is 0 Å². The highest BCUT2D eigenvalue weighted by molar-refractivity contribution is 7.98. The van der Waals surface area contributed by atoms with Gasteiger partial charge in [0.05, 0.1) is 12.1 Å². The van der Waals surface area contributed by atoms with Gasteiger partial charge in [0.2, 0.25) is 29.5 Å². The van der Waals surface area contributed by atoms with Gasteiger partial charge in [0.25, 0.3) is 0 Å². The molecule has 0 aliphatic carbocycles. The summed E-state index contributed by atoms with van der Waals surface area (Å²) < 4.78 is 0. The maximum atomic E-state index is 12.7. The van der Waals surface area contributed by atoms with Crippen LogP contribution in [0.15, 0.2) is 0 Å². The maximum absolute atomic E-state index is 12.7. The van der Waals surface area contributed by atoms with Crippen molar-refractivity contribution < 1.29 is 39.0 Å². The van der Waals surface area contributed by atoms with E-state index in [9.17, 15) is 39.0 Å². The molecule has 0 rings (SSSR count). The fourth-order valence-corrected chi connectivity index (χ4v) is 3.16. The highest BCUT2D eigenvalue weighted by Gasteiger charge is 2.32. The van der Waals surface area contributed by atoms with Crippen molar-refractivity contribution in [2.45, 2.75) is 69.3 Å². The minimum Gasteiger partial charge on any atom is -0.480 e. The summed E-state index contributed by atoms with van der Waals surface area (Å²) >= 11 is 1.47. The number of carbonyl (C=O) groups excluding carboxylic acids is 5. The number of aliphatic hydroxyl groups excluding tert-OH is 1. The Morgan fingerprint density at radius 1 is 0.824 bits per heavy atom. The van der Waals surface area contributed by atoms with Gasteiger partial charge in [-0.2, -0.15) is 11.8 Å². The molecule has 0 aromatic rings. The number of amides is 5. The number of thioether (sulfide) groups is 1. The molecule has 0 aromatic heterocycles. The van der Waals surface area contributed by atoms with Gasteiger partial charge in [0.1, 0.15) is 18.1 Å². The number of primary amides is 2. The Morgan fingerprint density at radius 3 is 1.76 bits per heavy atom. The van der Waals surface area contributed by atoms with Gasteiger partial charge < -0.3 is 43.4 Å². The van der Waals surface area contributed by atoms with Gasteiger partial charge in [-0.05, 0) is 38.2 Å². The zero-order valence-electron chi connectivity index (χ0n) is 19.1. The van der Waals surface area contributed by atoms with E-state index in [1.54, 1.807) is 0 Å². The molecule has 0 saturated heterocycles. The first-order valence-electron chi connectivity index (χ1n) is 10.4. The molecule has 0 aliphatic heterocycles. The minimum absolute atomic E-state index is 0.289. The molecule has 5 amide bonds. The van der Waals surface area contributed by atoms with E-state index in [0.717, 1.165) is 0 Å². The van der Waals surface area contributed by atoms with Crippen LogP contribution in [-0.4, -0.2) is 88.0 Å². The predicted molar refractivity (Wildman–Crippen MR) is 123 cm³/mol. The van der Waals surface area contributed by atoms with Crippen LogP contribution in [0.5, 0.6) is 0 Å². The van der Waals surface area contributed by atoms with Gasteiger partial charge in [-0.1, -0.05) is 0 Å². The monoisotopic (exact) mass is 506 g/mol. The van der Waals surface area contributed by atoms with Crippen LogP contribution in [0.1, 0.15) is 39.0 Å².